The molecule has 6 nitrogen and oxygen atoms in total. The van der Waals surface area contributed by atoms with Crippen LogP contribution in [0.15, 0.2) is 83.3 Å². The molecule has 4 aromatic rings. The lowest BCUT2D eigenvalue weighted by Crippen LogP contribution is -2.19. The summed E-state index contributed by atoms with van der Waals surface area (Å²) >= 11 is 0. The number of anilines is 2. The zero-order valence-corrected chi connectivity index (χ0v) is 15.2. The Bertz CT molecular complexity index is 1090. The Hall–Kier alpha value is -3.93. The van der Waals surface area contributed by atoms with Crippen molar-refractivity contribution in [3.63, 3.8) is 0 Å². The number of aryl methyl sites for hydroxylation is 1. The fourth-order valence-electron chi connectivity index (χ4n) is 2.73. The Morgan fingerprint density at radius 1 is 0.750 bits per heavy atom. The van der Waals surface area contributed by atoms with Crippen LogP contribution < -0.4 is 10.6 Å². The fourth-order valence-corrected chi connectivity index (χ4v) is 2.73. The Kier molecular flexibility index (Phi) is 4.84. The van der Waals surface area contributed by atoms with Crippen LogP contribution in [-0.2, 0) is 0 Å². The number of urea groups is 1. The van der Waals surface area contributed by atoms with Crippen LogP contribution in [0.2, 0.25) is 0 Å². The number of hydrogen-bond acceptors (Lipinski definition) is 4. The molecule has 0 saturated carbocycles. The molecule has 0 atom stereocenters. The van der Waals surface area contributed by atoms with Crippen LogP contribution in [0.25, 0.3) is 22.9 Å². The van der Waals surface area contributed by atoms with E-state index in [1.807, 2.05) is 73.7 Å². The fraction of sp³-hybridized carbons (Fsp3) is 0.0455. The number of nitrogens with one attached hydrogen (secondary N) is 2. The van der Waals surface area contributed by atoms with Gasteiger partial charge in [0.1, 0.15) is 0 Å². The first-order chi connectivity index (χ1) is 13.7. The Balaban J connectivity index is 1.44. The number of amides is 2. The van der Waals surface area contributed by atoms with Gasteiger partial charge in [0.2, 0.25) is 11.8 Å². The van der Waals surface area contributed by atoms with Gasteiger partial charge in [-0.05, 0) is 55.0 Å². The van der Waals surface area contributed by atoms with Crippen molar-refractivity contribution in [2.75, 3.05) is 10.6 Å². The van der Waals surface area contributed by atoms with Crippen LogP contribution >= 0.6 is 0 Å². The lowest BCUT2D eigenvalue weighted by molar-refractivity contribution is 0.262. The quantitative estimate of drug-likeness (QED) is 0.507. The minimum Gasteiger partial charge on any atom is -0.416 e. The topological polar surface area (TPSA) is 80.0 Å². The van der Waals surface area contributed by atoms with Gasteiger partial charge in [0.05, 0.1) is 0 Å². The first-order valence-corrected chi connectivity index (χ1v) is 8.82. The first kappa shape index (κ1) is 17.5. The molecule has 0 aliphatic rings. The molecule has 0 bridgehead atoms. The maximum absolute atomic E-state index is 12.2. The second-order valence-corrected chi connectivity index (χ2v) is 6.25. The average Bonchev–Trinajstić information content (AvgIpc) is 3.21. The van der Waals surface area contributed by atoms with E-state index in [2.05, 4.69) is 20.8 Å². The molecule has 0 saturated heterocycles. The molecule has 1 heterocycles. The second-order valence-electron chi connectivity index (χ2n) is 6.25. The number of benzene rings is 3. The highest BCUT2D eigenvalue weighted by molar-refractivity contribution is 6.00. The average molecular weight is 370 g/mol. The van der Waals surface area contributed by atoms with E-state index in [-0.39, 0.29) is 6.03 Å². The van der Waals surface area contributed by atoms with Gasteiger partial charge in [-0.1, -0.05) is 36.4 Å². The third kappa shape index (κ3) is 3.91. The van der Waals surface area contributed by atoms with Crippen molar-refractivity contribution in [1.29, 1.82) is 0 Å². The van der Waals surface area contributed by atoms with Crippen molar-refractivity contribution in [3.8, 4) is 22.9 Å². The molecule has 1 aromatic heterocycles. The number of hydrogen-bond donors (Lipinski definition) is 2. The third-order valence-corrected chi connectivity index (χ3v) is 4.23. The SMILES string of the molecule is Cc1ccccc1NC(=O)Nc1ccc(-c2nnc(-c3ccccc3)o2)cc1. The van der Waals surface area contributed by atoms with E-state index in [9.17, 15) is 4.79 Å². The van der Waals surface area contributed by atoms with Gasteiger partial charge in [-0.25, -0.2) is 4.79 Å². The zero-order chi connectivity index (χ0) is 19.3. The summed E-state index contributed by atoms with van der Waals surface area (Å²) in [7, 11) is 0. The summed E-state index contributed by atoms with van der Waals surface area (Å²) in [5.74, 6) is 0.894. The highest BCUT2D eigenvalue weighted by atomic mass is 16.4. The minimum absolute atomic E-state index is 0.300. The maximum Gasteiger partial charge on any atom is 0.323 e. The summed E-state index contributed by atoms with van der Waals surface area (Å²) in [6.07, 6.45) is 0. The predicted octanol–water partition coefficient (Wildman–Crippen LogP) is 5.36. The molecule has 0 unspecified atom stereocenters. The second kappa shape index (κ2) is 7.75. The lowest BCUT2D eigenvalue weighted by atomic mass is 10.2. The van der Waals surface area contributed by atoms with E-state index in [0.717, 1.165) is 22.4 Å². The summed E-state index contributed by atoms with van der Waals surface area (Å²) in [5.41, 5.74) is 4.08. The molecule has 0 fully saturated rings. The highest BCUT2D eigenvalue weighted by Crippen LogP contribution is 2.24. The van der Waals surface area contributed by atoms with E-state index in [1.165, 1.54) is 0 Å². The Morgan fingerprint density at radius 3 is 2.04 bits per heavy atom. The van der Waals surface area contributed by atoms with Crippen LogP contribution in [0.3, 0.4) is 0 Å². The molecule has 6 heteroatoms. The van der Waals surface area contributed by atoms with Crippen molar-refractivity contribution in [2.45, 2.75) is 6.92 Å². The van der Waals surface area contributed by atoms with Gasteiger partial charge in [0.15, 0.2) is 0 Å². The van der Waals surface area contributed by atoms with Crippen LogP contribution in [0.4, 0.5) is 16.2 Å². The van der Waals surface area contributed by atoms with Crippen molar-refractivity contribution in [2.24, 2.45) is 0 Å². The lowest BCUT2D eigenvalue weighted by Gasteiger charge is -2.09. The van der Waals surface area contributed by atoms with Crippen LogP contribution in [0, 0.1) is 6.92 Å². The largest absolute Gasteiger partial charge is 0.416 e. The van der Waals surface area contributed by atoms with E-state index < -0.39 is 0 Å². The van der Waals surface area contributed by atoms with Gasteiger partial charge in [-0.15, -0.1) is 10.2 Å². The van der Waals surface area contributed by atoms with Gasteiger partial charge in [-0.2, -0.15) is 0 Å². The van der Waals surface area contributed by atoms with Crippen molar-refractivity contribution >= 4 is 17.4 Å². The van der Waals surface area contributed by atoms with Gasteiger partial charge < -0.3 is 15.1 Å². The summed E-state index contributed by atoms with van der Waals surface area (Å²) in [6, 6.07) is 24.1. The normalized spacial score (nSPS) is 10.5. The van der Waals surface area contributed by atoms with Gasteiger partial charge in [0, 0.05) is 22.5 Å². The molecule has 0 aliphatic heterocycles. The van der Waals surface area contributed by atoms with Crippen molar-refractivity contribution < 1.29 is 9.21 Å². The first-order valence-electron chi connectivity index (χ1n) is 8.82. The molecule has 0 spiro atoms. The van der Waals surface area contributed by atoms with Crippen LogP contribution in [0.5, 0.6) is 0 Å². The molecule has 2 N–H and O–H groups in total. The molecule has 0 radical (unpaired) electrons. The number of rotatable bonds is 4. The Morgan fingerprint density at radius 2 is 1.36 bits per heavy atom. The van der Waals surface area contributed by atoms with Gasteiger partial charge in [-0.3, -0.25) is 0 Å². The predicted molar refractivity (Wildman–Crippen MR) is 109 cm³/mol. The molecule has 2 amide bonds. The van der Waals surface area contributed by atoms with E-state index in [4.69, 9.17) is 4.42 Å². The summed E-state index contributed by atoms with van der Waals surface area (Å²) in [4.78, 5) is 12.2. The van der Waals surface area contributed by atoms with Crippen LogP contribution in [-0.4, -0.2) is 16.2 Å². The van der Waals surface area contributed by atoms with Crippen molar-refractivity contribution in [1.82, 2.24) is 10.2 Å². The van der Waals surface area contributed by atoms with E-state index in [1.54, 1.807) is 12.1 Å². The molecule has 4 rings (SSSR count). The molecule has 28 heavy (non-hydrogen) atoms. The van der Waals surface area contributed by atoms with E-state index in [0.29, 0.717) is 17.5 Å². The van der Waals surface area contributed by atoms with Crippen LogP contribution in [0.1, 0.15) is 5.56 Å². The summed E-state index contributed by atoms with van der Waals surface area (Å²) < 4.78 is 5.75. The number of nitrogens with zero attached hydrogens (tertiary/aromatic N) is 2. The summed E-state index contributed by atoms with van der Waals surface area (Å²) in [5, 5.41) is 13.8. The van der Waals surface area contributed by atoms with Gasteiger partial charge >= 0.3 is 6.03 Å². The molecular formula is C22H18N4O2. The van der Waals surface area contributed by atoms with Gasteiger partial charge in [0.25, 0.3) is 0 Å². The zero-order valence-electron chi connectivity index (χ0n) is 15.2. The minimum atomic E-state index is -0.300. The molecule has 138 valence electrons. The number of carbonyl (C=O) groups is 1. The van der Waals surface area contributed by atoms with E-state index >= 15 is 0 Å². The monoisotopic (exact) mass is 370 g/mol. The maximum atomic E-state index is 12.2. The van der Waals surface area contributed by atoms with Crippen molar-refractivity contribution in [3.05, 3.63) is 84.4 Å². The highest BCUT2D eigenvalue weighted by Gasteiger charge is 2.11. The number of para-hydroxylation sites is 1. The molecule has 0 aliphatic carbocycles. The molecular weight excluding hydrogens is 352 g/mol. The smallest absolute Gasteiger partial charge is 0.323 e. The summed E-state index contributed by atoms with van der Waals surface area (Å²) in [6.45, 7) is 1.94. The number of carbonyl (C=O) groups excluding carboxylic acids is 1. The standard InChI is InChI=1S/C22H18N4O2/c1-15-7-5-6-10-19(15)24-22(27)23-18-13-11-17(12-14-18)21-26-25-20(28-21)16-8-3-2-4-9-16/h2-14H,1H3,(H2,23,24,27). The number of aromatic nitrogens is 2. The molecule has 3 aromatic carbocycles. The Labute approximate surface area is 162 Å². The third-order valence-electron chi connectivity index (χ3n) is 4.23.